The summed E-state index contributed by atoms with van der Waals surface area (Å²) in [6.45, 7) is 5.71. The van der Waals surface area contributed by atoms with Crippen LogP contribution in [0.4, 0.5) is 0 Å². The van der Waals surface area contributed by atoms with Crippen LogP contribution in [0.25, 0.3) is 0 Å². The van der Waals surface area contributed by atoms with E-state index in [0.717, 1.165) is 31.6 Å². The average Bonchev–Trinajstić information content (AvgIpc) is 2.59. The van der Waals surface area contributed by atoms with E-state index in [1.165, 1.54) is 0 Å². The smallest absolute Gasteiger partial charge is 0.341 e. The van der Waals surface area contributed by atoms with E-state index in [1.54, 1.807) is 12.1 Å². The van der Waals surface area contributed by atoms with Crippen LogP contribution in [-0.2, 0) is 11.3 Å². The standard InChI is InChI=1S/C16H23ClN2O3/c1-12-9-18(2)6-3-7-19(12)10-13-8-14(17)4-5-15(13)22-11-16(20)21/h4-5,8,12H,3,6-7,9-11H2,1-2H3,(H,20,21)/t12-/m1/s1. The van der Waals surface area contributed by atoms with Gasteiger partial charge in [-0.1, -0.05) is 11.6 Å². The number of hydrogen-bond donors (Lipinski definition) is 1. The molecule has 1 atom stereocenters. The molecule has 0 aromatic heterocycles. The molecule has 1 aromatic carbocycles. The van der Waals surface area contributed by atoms with Crippen LogP contribution in [-0.4, -0.2) is 60.2 Å². The first-order valence-corrected chi connectivity index (χ1v) is 7.89. The Morgan fingerprint density at radius 2 is 2.23 bits per heavy atom. The maximum atomic E-state index is 10.7. The number of benzene rings is 1. The van der Waals surface area contributed by atoms with Crippen LogP contribution in [0.2, 0.25) is 5.02 Å². The summed E-state index contributed by atoms with van der Waals surface area (Å²) in [5, 5.41) is 9.42. The molecule has 22 heavy (non-hydrogen) atoms. The Balaban J connectivity index is 2.12. The fraction of sp³-hybridized carbons (Fsp3) is 0.562. The Kier molecular flexibility index (Phi) is 6.06. The van der Waals surface area contributed by atoms with E-state index in [0.29, 0.717) is 23.4 Å². The number of carboxylic acids is 1. The van der Waals surface area contributed by atoms with E-state index in [4.69, 9.17) is 21.4 Å². The number of likely N-dealkylation sites (N-methyl/N-ethyl adjacent to an activating group) is 1. The molecule has 0 bridgehead atoms. The van der Waals surface area contributed by atoms with Crippen LogP contribution < -0.4 is 4.74 Å². The summed E-state index contributed by atoms with van der Waals surface area (Å²) < 4.78 is 5.39. The summed E-state index contributed by atoms with van der Waals surface area (Å²) in [6, 6.07) is 5.76. The molecule has 1 fully saturated rings. The Labute approximate surface area is 136 Å². The fourth-order valence-corrected chi connectivity index (χ4v) is 3.02. The van der Waals surface area contributed by atoms with Crippen LogP contribution >= 0.6 is 11.6 Å². The van der Waals surface area contributed by atoms with E-state index in [2.05, 4.69) is 23.8 Å². The zero-order valence-corrected chi connectivity index (χ0v) is 13.8. The zero-order chi connectivity index (χ0) is 16.1. The molecule has 0 spiro atoms. The van der Waals surface area contributed by atoms with Gasteiger partial charge in [0.05, 0.1) is 0 Å². The maximum Gasteiger partial charge on any atom is 0.341 e. The lowest BCUT2D eigenvalue weighted by Crippen LogP contribution is -2.37. The van der Waals surface area contributed by atoms with Crippen LogP contribution in [0.1, 0.15) is 18.9 Å². The molecule has 0 unspecified atom stereocenters. The van der Waals surface area contributed by atoms with Gasteiger partial charge in [0.25, 0.3) is 0 Å². The summed E-state index contributed by atoms with van der Waals surface area (Å²) in [5.74, 6) is -0.387. The van der Waals surface area contributed by atoms with E-state index in [9.17, 15) is 4.79 Å². The molecule has 122 valence electrons. The molecule has 0 radical (unpaired) electrons. The molecule has 0 saturated carbocycles. The van der Waals surface area contributed by atoms with Crippen molar-refractivity contribution in [3.8, 4) is 5.75 Å². The van der Waals surface area contributed by atoms with E-state index >= 15 is 0 Å². The second-order valence-electron chi connectivity index (χ2n) is 5.87. The topological polar surface area (TPSA) is 53.0 Å². The Bertz CT molecular complexity index is 524. The quantitative estimate of drug-likeness (QED) is 0.900. The summed E-state index contributed by atoms with van der Waals surface area (Å²) in [6.07, 6.45) is 1.12. The minimum Gasteiger partial charge on any atom is -0.482 e. The first kappa shape index (κ1) is 17.1. The van der Waals surface area contributed by atoms with Crippen LogP contribution in [0.3, 0.4) is 0 Å². The van der Waals surface area contributed by atoms with Gasteiger partial charge in [-0.2, -0.15) is 0 Å². The highest BCUT2D eigenvalue weighted by atomic mass is 35.5. The number of carboxylic acid groups (broad SMARTS) is 1. The van der Waals surface area contributed by atoms with Crippen molar-refractivity contribution in [3.05, 3.63) is 28.8 Å². The monoisotopic (exact) mass is 326 g/mol. The van der Waals surface area contributed by atoms with Gasteiger partial charge >= 0.3 is 5.97 Å². The second-order valence-corrected chi connectivity index (χ2v) is 6.31. The third-order valence-electron chi connectivity index (χ3n) is 3.93. The van der Waals surface area contributed by atoms with Crippen LogP contribution in [0.15, 0.2) is 18.2 Å². The Morgan fingerprint density at radius 1 is 1.45 bits per heavy atom. The average molecular weight is 327 g/mol. The van der Waals surface area contributed by atoms with Gasteiger partial charge in [0.2, 0.25) is 0 Å². The summed E-state index contributed by atoms with van der Waals surface area (Å²) in [4.78, 5) is 15.4. The summed E-state index contributed by atoms with van der Waals surface area (Å²) in [7, 11) is 2.14. The maximum absolute atomic E-state index is 10.7. The van der Waals surface area contributed by atoms with Gasteiger partial charge in [-0.15, -0.1) is 0 Å². The SMILES string of the molecule is C[C@@H]1CN(C)CCCN1Cc1cc(Cl)ccc1OCC(=O)O. The minimum atomic E-state index is -0.981. The molecule has 1 aliphatic rings. The van der Waals surface area contributed by atoms with Gasteiger partial charge in [-0.25, -0.2) is 4.79 Å². The second kappa shape index (κ2) is 7.81. The van der Waals surface area contributed by atoms with Gasteiger partial charge in [-0.05, 0) is 45.1 Å². The number of hydrogen-bond acceptors (Lipinski definition) is 4. The minimum absolute atomic E-state index is 0.340. The lowest BCUT2D eigenvalue weighted by atomic mass is 10.1. The molecule has 1 N–H and O–H groups in total. The number of carbonyl (C=O) groups is 1. The summed E-state index contributed by atoms with van der Waals surface area (Å²) >= 11 is 6.09. The fourth-order valence-electron chi connectivity index (χ4n) is 2.83. The zero-order valence-electron chi connectivity index (χ0n) is 13.1. The van der Waals surface area contributed by atoms with Crippen molar-refractivity contribution in [2.24, 2.45) is 0 Å². The molecular weight excluding hydrogens is 304 g/mol. The highest BCUT2D eigenvalue weighted by Gasteiger charge is 2.21. The highest BCUT2D eigenvalue weighted by molar-refractivity contribution is 6.30. The van der Waals surface area contributed by atoms with Crippen molar-refractivity contribution in [1.29, 1.82) is 0 Å². The highest BCUT2D eigenvalue weighted by Crippen LogP contribution is 2.25. The molecule has 0 aliphatic carbocycles. The number of halogens is 1. The Morgan fingerprint density at radius 3 is 2.95 bits per heavy atom. The van der Waals surface area contributed by atoms with Crippen molar-refractivity contribution in [1.82, 2.24) is 9.80 Å². The van der Waals surface area contributed by atoms with E-state index < -0.39 is 5.97 Å². The van der Waals surface area contributed by atoms with Gasteiger partial charge in [0.15, 0.2) is 6.61 Å². The predicted molar refractivity (Wildman–Crippen MR) is 86.6 cm³/mol. The lowest BCUT2D eigenvalue weighted by molar-refractivity contribution is -0.139. The Hall–Kier alpha value is -1.30. The van der Waals surface area contributed by atoms with Gasteiger partial charge in [-0.3, -0.25) is 4.90 Å². The predicted octanol–water partition coefficient (Wildman–Crippen LogP) is 2.33. The molecule has 1 aliphatic heterocycles. The molecule has 6 heteroatoms. The molecule has 2 rings (SSSR count). The normalized spacial score (nSPS) is 20.6. The number of aliphatic carboxylic acids is 1. The van der Waals surface area contributed by atoms with Crippen molar-refractivity contribution in [3.63, 3.8) is 0 Å². The molecule has 5 nitrogen and oxygen atoms in total. The van der Waals surface area contributed by atoms with Gasteiger partial charge in [0, 0.05) is 36.3 Å². The molecule has 1 aromatic rings. The first-order chi connectivity index (χ1) is 10.5. The van der Waals surface area contributed by atoms with Crippen LogP contribution in [0, 0.1) is 0 Å². The van der Waals surface area contributed by atoms with E-state index in [-0.39, 0.29) is 6.61 Å². The molecule has 1 heterocycles. The number of ether oxygens (including phenoxy) is 1. The summed E-state index contributed by atoms with van der Waals surface area (Å²) in [5.41, 5.74) is 0.935. The number of nitrogens with zero attached hydrogens (tertiary/aromatic N) is 2. The molecule has 0 amide bonds. The van der Waals surface area contributed by atoms with Gasteiger partial charge < -0.3 is 14.7 Å². The number of rotatable bonds is 5. The third kappa shape index (κ3) is 4.87. The van der Waals surface area contributed by atoms with Crippen LogP contribution in [0.5, 0.6) is 5.75 Å². The van der Waals surface area contributed by atoms with Crippen molar-refractivity contribution < 1.29 is 14.6 Å². The lowest BCUT2D eigenvalue weighted by Gasteiger charge is -2.28. The van der Waals surface area contributed by atoms with Crippen molar-refractivity contribution >= 4 is 17.6 Å². The van der Waals surface area contributed by atoms with Gasteiger partial charge in [0.1, 0.15) is 5.75 Å². The first-order valence-electron chi connectivity index (χ1n) is 7.51. The molecular formula is C16H23ClN2O3. The van der Waals surface area contributed by atoms with Crippen molar-refractivity contribution in [2.45, 2.75) is 25.9 Å². The molecule has 1 saturated heterocycles. The van der Waals surface area contributed by atoms with E-state index in [1.807, 2.05) is 6.07 Å². The third-order valence-corrected chi connectivity index (χ3v) is 4.17. The van der Waals surface area contributed by atoms with Crippen molar-refractivity contribution in [2.75, 3.05) is 33.3 Å². The largest absolute Gasteiger partial charge is 0.482 e.